The fourth-order valence-corrected chi connectivity index (χ4v) is 2.28. The van der Waals surface area contributed by atoms with Crippen molar-refractivity contribution in [2.75, 3.05) is 6.61 Å². The van der Waals surface area contributed by atoms with Gasteiger partial charge in [0.15, 0.2) is 0 Å². The molecule has 0 aliphatic carbocycles. The Kier molecular flexibility index (Phi) is 5.65. The zero-order valence-electron chi connectivity index (χ0n) is 7.00. The van der Waals surface area contributed by atoms with Crippen LogP contribution in [0.5, 0.6) is 0 Å². The van der Waals surface area contributed by atoms with E-state index in [0.29, 0.717) is 11.4 Å². The number of rotatable bonds is 4. The van der Waals surface area contributed by atoms with Crippen LogP contribution >= 0.6 is 27.5 Å². The Bertz CT molecular complexity index is 309. The molecule has 3 nitrogen and oxygen atoms in total. The van der Waals surface area contributed by atoms with Crippen LogP contribution in [0.25, 0.3) is 0 Å². The molecule has 6 heteroatoms. The number of hydrogen-bond donors (Lipinski definition) is 0. The number of hydrogen-bond acceptors (Lipinski definition) is 3. The fraction of sp³-hybridized carbons (Fsp3) is 0.250. The van der Waals surface area contributed by atoms with Gasteiger partial charge in [-0.05, 0) is 20.8 Å². The summed E-state index contributed by atoms with van der Waals surface area (Å²) in [7, 11) is 0. The van der Waals surface area contributed by atoms with E-state index >= 15 is 0 Å². The van der Waals surface area contributed by atoms with Gasteiger partial charge < -0.3 is 6.87 Å². The third kappa shape index (κ3) is 4.41. The molecule has 0 aliphatic heterocycles. The van der Waals surface area contributed by atoms with Crippen LogP contribution in [-0.2, 0) is 9.49 Å². The van der Waals surface area contributed by atoms with E-state index in [9.17, 15) is 6.87 Å². The van der Waals surface area contributed by atoms with Crippen molar-refractivity contribution in [2.24, 2.45) is 0 Å². The van der Waals surface area contributed by atoms with Gasteiger partial charge in [-0.15, -0.1) is 0 Å². The number of halogens is 3. The van der Waals surface area contributed by atoms with Crippen molar-refractivity contribution in [1.82, 2.24) is 0 Å². The first-order valence-corrected chi connectivity index (χ1v) is 7.53. The largest absolute Gasteiger partial charge is 0.506 e. The summed E-state index contributed by atoms with van der Waals surface area (Å²) in [5.74, 6) is 0. The van der Waals surface area contributed by atoms with Crippen LogP contribution in [0.2, 0.25) is 5.02 Å². The highest BCUT2D eigenvalue weighted by molar-refractivity contribution is 9.10. The highest BCUT2D eigenvalue weighted by Crippen LogP contribution is 2.21. The summed E-state index contributed by atoms with van der Waals surface area (Å²) in [4.78, 5) is 0. The third-order valence-corrected chi connectivity index (χ3v) is 3.35. The van der Waals surface area contributed by atoms with E-state index in [1.807, 2.05) is 12.1 Å². The van der Waals surface area contributed by atoms with Crippen LogP contribution in [0.15, 0.2) is 22.7 Å². The van der Waals surface area contributed by atoms with Gasteiger partial charge in [0.1, 0.15) is 6.61 Å². The molecule has 0 aliphatic rings. The molecule has 0 bridgehead atoms. The second kappa shape index (κ2) is 6.24. The summed E-state index contributed by atoms with van der Waals surface area (Å²) in [6, 6.07) is 5.46. The molecule has 0 heterocycles. The predicted molar refractivity (Wildman–Crippen MR) is 48.8 cm³/mol. The summed E-state index contributed by atoms with van der Waals surface area (Å²) in [6.07, 6.45) is 0.505. The van der Waals surface area contributed by atoms with Gasteiger partial charge in [0.05, 0.1) is 0 Å². The van der Waals surface area contributed by atoms with Crippen LogP contribution in [0.3, 0.4) is 0 Å². The van der Waals surface area contributed by atoms with Gasteiger partial charge in [-0.3, -0.25) is 0 Å². The van der Waals surface area contributed by atoms with Gasteiger partial charge in [0, 0.05) is 15.9 Å². The third-order valence-electron chi connectivity index (χ3n) is 1.55. The Morgan fingerprint density at radius 3 is 2.71 bits per heavy atom. The van der Waals surface area contributed by atoms with Gasteiger partial charge in [-0.2, -0.15) is 0 Å². The molecule has 78 valence electrons. The minimum atomic E-state index is -3.54. The Balaban J connectivity index is 2.51. The predicted octanol–water partition coefficient (Wildman–Crippen LogP) is -2.25. The van der Waals surface area contributed by atoms with Crippen molar-refractivity contribution in [3.05, 3.63) is 33.3 Å². The van der Waals surface area contributed by atoms with E-state index < -0.39 is 21.1 Å². The molecule has 0 atom stereocenters. The average molecular weight is 393 g/mol. The summed E-state index contributed by atoms with van der Waals surface area (Å²) in [5.41, 5.74) is 0.882. The van der Waals surface area contributed by atoms with Crippen LogP contribution in [0.4, 0.5) is 0 Å². The van der Waals surface area contributed by atoms with Crippen LogP contribution < -0.4 is 27.9 Å². The first-order valence-electron chi connectivity index (χ1n) is 3.72. The lowest BCUT2D eigenvalue weighted by Crippen LogP contribution is -3.99. The monoisotopic (exact) mass is 392 g/mol. The maximum Gasteiger partial charge on any atom is 0.506 e. The molecule has 0 N–H and O–H groups in total. The standard InChI is InChI=1S/C8H7BrClIO3/c9-7-2-1-6(8(10)5-7)3-4-14-11(12)13/h1-2,5H,3-4H2. The molecule has 0 aromatic heterocycles. The van der Waals surface area contributed by atoms with Crippen molar-refractivity contribution in [2.45, 2.75) is 6.42 Å². The second-order valence-corrected chi connectivity index (χ2v) is 5.51. The molecule has 0 radical (unpaired) electrons. The van der Waals surface area contributed by atoms with Crippen molar-refractivity contribution < 1.29 is 31.0 Å². The van der Waals surface area contributed by atoms with Crippen LogP contribution in [0.1, 0.15) is 5.56 Å². The van der Waals surface area contributed by atoms with Crippen molar-refractivity contribution in [1.29, 1.82) is 0 Å². The second-order valence-electron chi connectivity index (χ2n) is 2.49. The lowest BCUT2D eigenvalue weighted by molar-refractivity contribution is -1.63. The molecule has 0 fully saturated rings. The molecule has 0 spiro atoms. The quantitative estimate of drug-likeness (QED) is 0.544. The minimum absolute atomic E-state index is 0.166. The van der Waals surface area contributed by atoms with Gasteiger partial charge in [-0.1, -0.05) is 33.6 Å². The average Bonchev–Trinajstić information content (AvgIpc) is 2.08. The van der Waals surface area contributed by atoms with Crippen LogP contribution in [0, 0.1) is 0 Å². The lowest BCUT2D eigenvalue weighted by atomic mass is 10.2. The SMILES string of the molecule is [O-][I+2]([O-])OCCc1ccc(Br)cc1Cl. The normalized spacial score (nSPS) is 10.9. The summed E-state index contributed by atoms with van der Waals surface area (Å²) < 4.78 is 25.8. The highest BCUT2D eigenvalue weighted by Gasteiger charge is 2.11. The summed E-state index contributed by atoms with van der Waals surface area (Å²) in [6.45, 7) is 0.166. The van der Waals surface area contributed by atoms with Crippen LogP contribution in [-0.4, -0.2) is 6.61 Å². The molecule has 0 saturated heterocycles. The Morgan fingerprint density at radius 2 is 2.14 bits per heavy atom. The summed E-state index contributed by atoms with van der Waals surface area (Å²) >= 11 is 5.66. The first-order chi connectivity index (χ1) is 6.59. The van der Waals surface area contributed by atoms with E-state index in [2.05, 4.69) is 19.0 Å². The molecule has 0 saturated carbocycles. The molecule has 1 aromatic carbocycles. The maximum absolute atomic E-state index is 10.2. The smallest absolute Gasteiger partial charge is 0.396 e. The first kappa shape index (κ1) is 12.7. The minimum Gasteiger partial charge on any atom is -0.396 e. The zero-order chi connectivity index (χ0) is 10.6. The van der Waals surface area contributed by atoms with E-state index in [4.69, 9.17) is 11.6 Å². The van der Waals surface area contributed by atoms with Gasteiger partial charge in [0.2, 0.25) is 0 Å². The van der Waals surface area contributed by atoms with E-state index in [-0.39, 0.29) is 6.61 Å². The molecule has 0 amide bonds. The Morgan fingerprint density at radius 1 is 1.43 bits per heavy atom. The van der Waals surface area contributed by atoms with E-state index in [1.54, 1.807) is 6.07 Å². The fourth-order valence-electron chi connectivity index (χ4n) is 0.936. The Hall–Kier alpha value is 0.600. The van der Waals surface area contributed by atoms with Crippen molar-refractivity contribution in [3.63, 3.8) is 0 Å². The topological polar surface area (TPSA) is 55.3 Å². The maximum atomic E-state index is 10.2. The van der Waals surface area contributed by atoms with Crippen molar-refractivity contribution >= 4 is 27.5 Å². The van der Waals surface area contributed by atoms with E-state index in [0.717, 1.165) is 10.0 Å². The molecule has 0 unspecified atom stereocenters. The Labute approximate surface area is 104 Å². The summed E-state index contributed by atoms with van der Waals surface area (Å²) in [5, 5.41) is 0.611. The molecular weight excluding hydrogens is 386 g/mol. The van der Waals surface area contributed by atoms with Gasteiger partial charge >= 0.3 is 21.1 Å². The number of benzene rings is 1. The molecule has 14 heavy (non-hydrogen) atoms. The lowest BCUT2D eigenvalue weighted by Gasteiger charge is -2.01. The van der Waals surface area contributed by atoms with E-state index in [1.165, 1.54) is 0 Å². The molecule has 1 rings (SSSR count). The molecular formula is C8H7BrClIO3. The van der Waals surface area contributed by atoms with Gasteiger partial charge in [-0.25, -0.2) is 0 Å². The highest BCUT2D eigenvalue weighted by atomic mass is 127. The van der Waals surface area contributed by atoms with Gasteiger partial charge in [0.25, 0.3) is 0 Å². The molecule has 1 aromatic rings. The van der Waals surface area contributed by atoms with Crippen molar-refractivity contribution in [3.8, 4) is 0 Å². The zero-order valence-corrected chi connectivity index (χ0v) is 11.5.